The SMILES string of the molecule is CCCNc1cc(Oc2ccc(I)cc2)cc([N+](=O)[O-])c1. The number of halogens is 1. The quantitative estimate of drug-likeness (QED) is 0.431. The summed E-state index contributed by atoms with van der Waals surface area (Å²) in [5.41, 5.74) is 0.697. The Morgan fingerprint density at radius 1 is 1.19 bits per heavy atom. The predicted octanol–water partition coefficient (Wildman–Crippen LogP) is 4.81. The molecule has 0 atom stereocenters. The molecule has 0 saturated carbocycles. The predicted molar refractivity (Wildman–Crippen MR) is 91.1 cm³/mol. The number of nitro benzene ring substituents is 1. The number of benzene rings is 2. The second kappa shape index (κ2) is 7.26. The van der Waals surface area contributed by atoms with Crippen molar-refractivity contribution in [1.82, 2.24) is 0 Å². The van der Waals surface area contributed by atoms with E-state index in [2.05, 4.69) is 27.9 Å². The number of hydrogen-bond acceptors (Lipinski definition) is 4. The van der Waals surface area contributed by atoms with Crippen LogP contribution >= 0.6 is 22.6 Å². The molecule has 0 saturated heterocycles. The molecule has 0 aliphatic rings. The van der Waals surface area contributed by atoms with Gasteiger partial charge in [0, 0.05) is 27.9 Å². The minimum atomic E-state index is -0.419. The summed E-state index contributed by atoms with van der Waals surface area (Å²) in [7, 11) is 0. The van der Waals surface area contributed by atoms with E-state index in [0.29, 0.717) is 17.2 Å². The molecule has 0 spiro atoms. The van der Waals surface area contributed by atoms with Crippen LogP contribution in [0.1, 0.15) is 13.3 Å². The lowest BCUT2D eigenvalue weighted by Gasteiger charge is -2.09. The number of nitrogens with zero attached hydrogens (tertiary/aromatic N) is 1. The fourth-order valence-corrected chi connectivity index (χ4v) is 2.12. The van der Waals surface area contributed by atoms with E-state index in [1.165, 1.54) is 12.1 Å². The van der Waals surface area contributed by atoms with Crippen molar-refractivity contribution in [1.29, 1.82) is 0 Å². The second-order valence-electron chi connectivity index (χ2n) is 4.46. The average molecular weight is 398 g/mol. The van der Waals surface area contributed by atoms with Crippen LogP contribution in [0.25, 0.3) is 0 Å². The monoisotopic (exact) mass is 398 g/mol. The van der Waals surface area contributed by atoms with Gasteiger partial charge in [0.05, 0.1) is 11.0 Å². The largest absolute Gasteiger partial charge is 0.457 e. The molecule has 0 amide bonds. The highest BCUT2D eigenvalue weighted by atomic mass is 127. The van der Waals surface area contributed by atoms with E-state index in [9.17, 15) is 10.1 Å². The number of nitro groups is 1. The summed E-state index contributed by atoms with van der Waals surface area (Å²) in [6.07, 6.45) is 0.940. The maximum atomic E-state index is 11.0. The third-order valence-electron chi connectivity index (χ3n) is 2.73. The molecule has 2 aromatic rings. The Morgan fingerprint density at radius 2 is 1.90 bits per heavy atom. The first-order valence-corrected chi connectivity index (χ1v) is 7.63. The third kappa shape index (κ3) is 4.59. The molecule has 110 valence electrons. The molecule has 0 heterocycles. The summed E-state index contributed by atoms with van der Waals surface area (Å²) >= 11 is 2.21. The summed E-state index contributed by atoms with van der Waals surface area (Å²) in [5, 5.41) is 14.1. The van der Waals surface area contributed by atoms with Crippen molar-refractivity contribution in [3.63, 3.8) is 0 Å². The number of ether oxygens (including phenoxy) is 1. The van der Waals surface area contributed by atoms with E-state index < -0.39 is 4.92 Å². The molecule has 2 aromatic carbocycles. The van der Waals surface area contributed by atoms with Crippen molar-refractivity contribution < 1.29 is 9.66 Å². The van der Waals surface area contributed by atoms with Gasteiger partial charge in [0.1, 0.15) is 11.5 Å². The Labute approximate surface area is 136 Å². The van der Waals surface area contributed by atoms with E-state index in [4.69, 9.17) is 4.74 Å². The minimum Gasteiger partial charge on any atom is -0.457 e. The summed E-state index contributed by atoms with van der Waals surface area (Å²) in [4.78, 5) is 10.6. The Balaban J connectivity index is 2.26. The van der Waals surface area contributed by atoms with Crippen molar-refractivity contribution in [2.45, 2.75) is 13.3 Å². The van der Waals surface area contributed by atoms with Gasteiger partial charge >= 0.3 is 0 Å². The van der Waals surface area contributed by atoms with Crippen molar-refractivity contribution >= 4 is 34.0 Å². The average Bonchev–Trinajstić information content (AvgIpc) is 2.47. The molecule has 0 radical (unpaired) electrons. The van der Waals surface area contributed by atoms with Gasteiger partial charge in [0.15, 0.2) is 0 Å². The Hall–Kier alpha value is -1.83. The standard InChI is InChI=1S/C15H15IN2O3/c1-2-7-17-12-8-13(18(19)20)10-15(9-12)21-14-5-3-11(16)4-6-14/h3-6,8-10,17H,2,7H2,1H3. The van der Waals surface area contributed by atoms with E-state index in [1.54, 1.807) is 6.07 Å². The Kier molecular flexibility index (Phi) is 5.38. The van der Waals surface area contributed by atoms with Gasteiger partial charge in [-0.05, 0) is 53.3 Å². The van der Waals surface area contributed by atoms with Gasteiger partial charge in [-0.3, -0.25) is 10.1 Å². The third-order valence-corrected chi connectivity index (χ3v) is 3.45. The molecule has 0 bridgehead atoms. The second-order valence-corrected chi connectivity index (χ2v) is 5.70. The van der Waals surface area contributed by atoms with Gasteiger partial charge in [-0.2, -0.15) is 0 Å². The fraction of sp³-hybridized carbons (Fsp3) is 0.200. The maximum Gasteiger partial charge on any atom is 0.275 e. The van der Waals surface area contributed by atoms with Gasteiger partial charge in [0.25, 0.3) is 5.69 Å². The molecule has 1 N–H and O–H groups in total. The lowest BCUT2D eigenvalue weighted by atomic mass is 10.2. The lowest BCUT2D eigenvalue weighted by Crippen LogP contribution is -2.01. The van der Waals surface area contributed by atoms with Crippen molar-refractivity contribution in [3.8, 4) is 11.5 Å². The van der Waals surface area contributed by atoms with Crippen LogP contribution in [0.5, 0.6) is 11.5 Å². The van der Waals surface area contributed by atoms with Gasteiger partial charge in [-0.1, -0.05) is 6.92 Å². The summed E-state index contributed by atoms with van der Waals surface area (Å²) < 4.78 is 6.80. The van der Waals surface area contributed by atoms with Crippen LogP contribution in [0.2, 0.25) is 0 Å². The van der Waals surface area contributed by atoms with Crippen LogP contribution in [0, 0.1) is 13.7 Å². The number of non-ortho nitro benzene ring substituents is 1. The normalized spacial score (nSPS) is 10.2. The smallest absolute Gasteiger partial charge is 0.275 e. The van der Waals surface area contributed by atoms with Crippen LogP contribution < -0.4 is 10.1 Å². The molecule has 0 aliphatic carbocycles. The summed E-state index contributed by atoms with van der Waals surface area (Å²) in [6.45, 7) is 2.79. The Morgan fingerprint density at radius 3 is 2.52 bits per heavy atom. The van der Waals surface area contributed by atoms with Gasteiger partial charge in [-0.15, -0.1) is 0 Å². The van der Waals surface area contributed by atoms with E-state index in [-0.39, 0.29) is 5.69 Å². The Bertz CT molecular complexity index is 629. The van der Waals surface area contributed by atoms with Crippen molar-refractivity contribution in [2.24, 2.45) is 0 Å². The first-order chi connectivity index (χ1) is 10.1. The van der Waals surface area contributed by atoms with Crippen LogP contribution in [0.3, 0.4) is 0 Å². The van der Waals surface area contributed by atoms with E-state index in [0.717, 1.165) is 16.5 Å². The van der Waals surface area contributed by atoms with Crippen molar-refractivity contribution in [2.75, 3.05) is 11.9 Å². The number of nitrogens with one attached hydrogen (secondary N) is 1. The molecule has 6 heteroatoms. The molecular weight excluding hydrogens is 383 g/mol. The maximum absolute atomic E-state index is 11.0. The van der Waals surface area contributed by atoms with Crippen LogP contribution in [-0.4, -0.2) is 11.5 Å². The molecule has 5 nitrogen and oxygen atoms in total. The zero-order valence-electron chi connectivity index (χ0n) is 11.5. The highest BCUT2D eigenvalue weighted by Crippen LogP contribution is 2.30. The molecule has 0 unspecified atom stereocenters. The van der Waals surface area contributed by atoms with Gasteiger partial charge in [0.2, 0.25) is 0 Å². The lowest BCUT2D eigenvalue weighted by molar-refractivity contribution is -0.384. The van der Waals surface area contributed by atoms with Crippen LogP contribution in [0.15, 0.2) is 42.5 Å². The summed E-state index contributed by atoms with van der Waals surface area (Å²) in [6, 6.07) is 12.2. The molecular formula is C15H15IN2O3. The first kappa shape index (κ1) is 15.6. The molecule has 0 aromatic heterocycles. The molecule has 21 heavy (non-hydrogen) atoms. The first-order valence-electron chi connectivity index (χ1n) is 6.55. The number of rotatable bonds is 6. The fourth-order valence-electron chi connectivity index (χ4n) is 1.76. The highest BCUT2D eigenvalue weighted by molar-refractivity contribution is 14.1. The molecule has 2 rings (SSSR count). The van der Waals surface area contributed by atoms with Gasteiger partial charge < -0.3 is 10.1 Å². The highest BCUT2D eigenvalue weighted by Gasteiger charge is 2.11. The van der Waals surface area contributed by atoms with Crippen molar-refractivity contribution in [3.05, 3.63) is 56.1 Å². The number of hydrogen-bond donors (Lipinski definition) is 1. The zero-order valence-corrected chi connectivity index (χ0v) is 13.7. The zero-order chi connectivity index (χ0) is 15.2. The van der Waals surface area contributed by atoms with E-state index in [1.807, 2.05) is 31.2 Å². The molecule has 0 aliphatic heterocycles. The van der Waals surface area contributed by atoms with Gasteiger partial charge in [-0.25, -0.2) is 0 Å². The van der Waals surface area contributed by atoms with E-state index >= 15 is 0 Å². The van der Waals surface area contributed by atoms with Crippen LogP contribution in [-0.2, 0) is 0 Å². The molecule has 0 fully saturated rings. The van der Waals surface area contributed by atoms with Crippen LogP contribution in [0.4, 0.5) is 11.4 Å². The topological polar surface area (TPSA) is 64.4 Å². The minimum absolute atomic E-state index is 0.0108. The number of anilines is 1. The summed E-state index contributed by atoms with van der Waals surface area (Å²) in [5.74, 6) is 1.10.